The standard InChI is InChI=1S/C14H15F2NOS/c1-2-11-6-7-12(19-11)13(17)9-4-3-5-10(8-9)18-14(15)16/h3-8,13-14H,2,17H2,1H3. The molecule has 0 amide bonds. The van der Waals surface area contributed by atoms with E-state index >= 15 is 0 Å². The second-order valence-corrected chi connectivity index (χ2v) is 5.29. The average Bonchev–Trinajstić information content (AvgIpc) is 2.86. The van der Waals surface area contributed by atoms with E-state index in [1.807, 2.05) is 18.2 Å². The molecule has 0 spiro atoms. The van der Waals surface area contributed by atoms with E-state index in [9.17, 15) is 8.78 Å². The summed E-state index contributed by atoms with van der Waals surface area (Å²) in [6.45, 7) is -0.738. The van der Waals surface area contributed by atoms with Gasteiger partial charge in [0.25, 0.3) is 0 Å². The van der Waals surface area contributed by atoms with Crippen molar-refractivity contribution in [3.8, 4) is 5.75 Å². The van der Waals surface area contributed by atoms with Crippen molar-refractivity contribution in [2.45, 2.75) is 26.0 Å². The topological polar surface area (TPSA) is 35.2 Å². The SMILES string of the molecule is CCc1ccc(C(N)c2cccc(OC(F)F)c2)s1. The van der Waals surface area contributed by atoms with E-state index in [0.717, 1.165) is 16.9 Å². The number of ether oxygens (including phenoxy) is 1. The number of benzene rings is 1. The minimum Gasteiger partial charge on any atom is -0.435 e. The van der Waals surface area contributed by atoms with Crippen molar-refractivity contribution in [2.24, 2.45) is 5.73 Å². The maximum Gasteiger partial charge on any atom is 0.387 e. The molecule has 0 saturated heterocycles. The Hall–Kier alpha value is -1.46. The predicted molar refractivity (Wildman–Crippen MR) is 72.8 cm³/mol. The Labute approximate surface area is 114 Å². The van der Waals surface area contributed by atoms with Crippen LogP contribution >= 0.6 is 11.3 Å². The van der Waals surface area contributed by atoms with Crippen molar-refractivity contribution < 1.29 is 13.5 Å². The van der Waals surface area contributed by atoms with Gasteiger partial charge in [-0.1, -0.05) is 19.1 Å². The van der Waals surface area contributed by atoms with Gasteiger partial charge in [0.05, 0.1) is 6.04 Å². The third-order valence-electron chi connectivity index (χ3n) is 2.78. The highest BCUT2D eigenvalue weighted by Gasteiger charge is 2.13. The summed E-state index contributed by atoms with van der Waals surface area (Å²) >= 11 is 1.64. The van der Waals surface area contributed by atoms with Gasteiger partial charge in [0, 0.05) is 9.75 Å². The molecule has 2 rings (SSSR count). The average molecular weight is 283 g/mol. The lowest BCUT2D eigenvalue weighted by Gasteiger charge is -2.12. The van der Waals surface area contributed by atoms with E-state index in [0.29, 0.717) is 0 Å². The van der Waals surface area contributed by atoms with E-state index in [2.05, 4.69) is 11.7 Å². The fourth-order valence-corrected chi connectivity index (χ4v) is 2.78. The largest absolute Gasteiger partial charge is 0.435 e. The molecule has 0 aliphatic rings. The fourth-order valence-electron chi connectivity index (χ4n) is 1.80. The Morgan fingerprint density at radius 2 is 2.05 bits per heavy atom. The second-order valence-electron chi connectivity index (χ2n) is 4.09. The highest BCUT2D eigenvalue weighted by atomic mass is 32.1. The molecule has 5 heteroatoms. The Balaban J connectivity index is 2.20. The molecule has 0 saturated carbocycles. The smallest absolute Gasteiger partial charge is 0.387 e. The molecular formula is C14H15F2NOS. The maximum absolute atomic E-state index is 12.2. The van der Waals surface area contributed by atoms with Gasteiger partial charge in [-0.2, -0.15) is 8.78 Å². The Kier molecular flexibility index (Phi) is 4.50. The third kappa shape index (κ3) is 3.52. The predicted octanol–water partition coefficient (Wildman–Crippen LogP) is 3.96. The molecule has 1 atom stereocenters. The zero-order valence-corrected chi connectivity index (χ0v) is 11.3. The number of thiophene rings is 1. The van der Waals surface area contributed by atoms with Crippen LogP contribution in [0.2, 0.25) is 0 Å². The van der Waals surface area contributed by atoms with Crippen LogP contribution < -0.4 is 10.5 Å². The molecule has 0 aliphatic heterocycles. The molecule has 19 heavy (non-hydrogen) atoms. The summed E-state index contributed by atoms with van der Waals surface area (Å²) in [5, 5.41) is 0. The summed E-state index contributed by atoms with van der Waals surface area (Å²) in [6, 6.07) is 10.2. The first-order valence-corrected chi connectivity index (χ1v) is 6.80. The molecule has 1 aromatic carbocycles. The quantitative estimate of drug-likeness (QED) is 0.901. The molecule has 2 N–H and O–H groups in total. The van der Waals surface area contributed by atoms with Gasteiger partial charge in [-0.25, -0.2) is 0 Å². The minimum absolute atomic E-state index is 0.134. The van der Waals surface area contributed by atoms with Crippen LogP contribution in [0.25, 0.3) is 0 Å². The van der Waals surface area contributed by atoms with Crippen LogP contribution in [0.5, 0.6) is 5.75 Å². The van der Waals surface area contributed by atoms with Crippen LogP contribution in [0.4, 0.5) is 8.78 Å². The zero-order chi connectivity index (χ0) is 13.8. The number of halogens is 2. The normalized spacial score (nSPS) is 12.7. The monoisotopic (exact) mass is 283 g/mol. The molecule has 2 aromatic rings. The van der Waals surface area contributed by atoms with E-state index in [1.165, 1.54) is 10.9 Å². The van der Waals surface area contributed by atoms with Crippen molar-refractivity contribution in [1.82, 2.24) is 0 Å². The molecule has 102 valence electrons. The van der Waals surface area contributed by atoms with Crippen molar-refractivity contribution in [1.29, 1.82) is 0 Å². The van der Waals surface area contributed by atoms with Crippen molar-refractivity contribution in [3.63, 3.8) is 0 Å². The van der Waals surface area contributed by atoms with Gasteiger partial charge < -0.3 is 10.5 Å². The maximum atomic E-state index is 12.2. The van der Waals surface area contributed by atoms with Crippen LogP contribution in [0, 0.1) is 0 Å². The second kappa shape index (κ2) is 6.12. The summed E-state index contributed by atoms with van der Waals surface area (Å²) < 4.78 is 28.7. The lowest BCUT2D eigenvalue weighted by atomic mass is 10.1. The van der Waals surface area contributed by atoms with Crippen molar-refractivity contribution >= 4 is 11.3 Å². The zero-order valence-electron chi connectivity index (χ0n) is 10.5. The van der Waals surface area contributed by atoms with Crippen LogP contribution in [-0.2, 0) is 6.42 Å². The van der Waals surface area contributed by atoms with E-state index in [4.69, 9.17) is 5.73 Å². The lowest BCUT2D eigenvalue weighted by Crippen LogP contribution is -2.10. The summed E-state index contributed by atoms with van der Waals surface area (Å²) in [7, 11) is 0. The highest BCUT2D eigenvalue weighted by molar-refractivity contribution is 7.12. The first-order valence-electron chi connectivity index (χ1n) is 5.99. The fraction of sp³-hybridized carbons (Fsp3) is 0.286. The first-order chi connectivity index (χ1) is 9.10. The summed E-state index contributed by atoms with van der Waals surface area (Å²) in [4.78, 5) is 2.27. The number of rotatable bonds is 5. The Bertz CT molecular complexity index is 542. The number of hydrogen-bond donors (Lipinski definition) is 1. The molecule has 0 aliphatic carbocycles. The van der Waals surface area contributed by atoms with Gasteiger partial charge in [0.2, 0.25) is 0 Å². The number of alkyl halides is 2. The van der Waals surface area contributed by atoms with Crippen LogP contribution in [0.3, 0.4) is 0 Å². The molecular weight excluding hydrogens is 268 g/mol. The summed E-state index contributed by atoms with van der Waals surface area (Å²) in [5.74, 6) is 0.134. The van der Waals surface area contributed by atoms with Gasteiger partial charge in [-0.3, -0.25) is 0 Å². The van der Waals surface area contributed by atoms with Gasteiger partial charge in [-0.15, -0.1) is 11.3 Å². The van der Waals surface area contributed by atoms with Gasteiger partial charge >= 0.3 is 6.61 Å². The highest BCUT2D eigenvalue weighted by Crippen LogP contribution is 2.29. The Morgan fingerprint density at radius 3 is 2.68 bits per heavy atom. The molecule has 0 radical (unpaired) electrons. The summed E-state index contributed by atoms with van der Waals surface area (Å²) in [6.07, 6.45) is 0.964. The van der Waals surface area contributed by atoms with Gasteiger partial charge in [0.1, 0.15) is 5.75 Å². The van der Waals surface area contributed by atoms with Crippen LogP contribution in [0.15, 0.2) is 36.4 Å². The first kappa shape index (κ1) is 14.0. The van der Waals surface area contributed by atoms with Gasteiger partial charge in [-0.05, 0) is 36.2 Å². The number of aryl methyl sites for hydroxylation is 1. The summed E-state index contributed by atoms with van der Waals surface area (Å²) in [5.41, 5.74) is 6.92. The number of hydrogen-bond acceptors (Lipinski definition) is 3. The minimum atomic E-state index is -2.82. The lowest BCUT2D eigenvalue weighted by molar-refractivity contribution is -0.0498. The molecule has 1 aromatic heterocycles. The van der Waals surface area contributed by atoms with E-state index in [-0.39, 0.29) is 11.8 Å². The molecule has 1 unspecified atom stereocenters. The molecule has 0 fully saturated rings. The third-order valence-corrected chi connectivity index (χ3v) is 4.09. The van der Waals surface area contributed by atoms with Gasteiger partial charge in [0.15, 0.2) is 0 Å². The van der Waals surface area contributed by atoms with E-state index in [1.54, 1.807) is 23.5 Å². The van der Waals surface area contributed by atoms with Crippen molar-refractivity contribution in [3.05, 3.63) is 51.7 Å². The Morgan fingerprint density at radius 1 is 1.26 bits per heavy atom. The van der Waals surface area contributed by atoms with Crippen LogP contribution in [0.1, 0.15) is 28.3 Å². The number of nitrogens with two attached hydrogens (primary N) is 1. The van der Waals surface area contributed by atoms with Crippen molar-refractivity contribution in [2.75, 3.05) is 0 Å². The molecule has 2 nitrogen and oxygen atoms in total. The molecule has 0 bridgehead atoms. The van der Waals surface area contributed by atoms with E-state index < -0.39 is 6.61 Å². The van der Waals surface area contributed by atoms with Crippen LogP contribution in [-0.4, -0.2) is 6.61 Å². The molecule has 1 heterocycles.